The summed E-state index contributed by atoms with van der Waals surface area (Å²) < 4.78 is 0. The molecule has 0 aromatic rings. The SMILES string of the molecule is O=C1CCN2C(=O)CCCC12. The Morgan fingerprint density at radius 3 is 2.82 bits per heavy atom. The summed E-state index contributed by atoms with van der Waals surface area (Å²) in [5, 5.41) is 0. The highest BCUT2D eigenvalue weighted by Gasteiger charge is 2.37. The van der Waals surface area contributed by atoms with Gasteiger partial charge in [-0.05, 0) is 12.8 Å². The van der Waals surface area contributed by atoms with Gasteiger partial charge in [0.25, 0.3) is 0 Å². The minimum atomic E-state index is -0.0451. The van der Waals surface area contributed by atoms with Gasteiger partial charge in [0, 0.05) is 19.4 Å². The van der Waals surface area contributed by atoms with E-state index in [0.717, 1.165) is 12.8 Å². The van der Waals surface area contributed by atoms with Crippen molar-refractivity contribution in [2.24, 2.45) is 0 Å². The van der Waals surface area contributed by atoms with Crippen LogP contribution in [0, 0.1) is 0 Å². The molecule has 0 aromatic carbocycles. The fourth-order valence-corrected chi connectivity index (χ4v) is 1.93. The number of amides is 1. The van der Waals surface area contributed by atoms with Crippen molar-refractivity contribution in [1.82, 2.24) is 4.90 Å². The maximum Gasteiger partial charge on any atom is 0.223 e. The molecule has 0 spiro atoms. The normalized spacial score (nSPS) is 30.9. The lowest BCUT2D eigenvalue weighted by atomic mass is 10.0. The highest BCUT2D eigenvalue weighted by atomic mass is 16.2. The predicted molar refractivity (Wildman–Crippen MR) is 39.0 cm³/mol. The van der Waals surface area contributed by atoms with Crippen molar-refractivity contribution in [2.75, 3.05) is 6.54 Å². The summed E-state index contributed by atoms with van der Waals surface area (Å²) in [6.45, 7) is 0.669. The Hall–Kier alpha value is -0.860. The molecule has 0 bridgehead atoms. The molecule has 11 heavy (non-hydrogen) atoms. The van der Waals surface area contributed by atoms with Gasteiger partial charge < -0.3 is 4.90 Å². The first-order chi connectivity index (χ1) is 5.29. The Labute approximate surface area is 65.4 Å². The standard InChI is InChI=1S/C8H11NO2/c10-7-4-5-9-6(7)2-1-3-8(9)11/h6H,1-5H2. The highest BCUT2D eigenvalue weighted by molar-refractivity contribution is 5.93. The molecule has 1 amide bonds. The van der Waals surface area contributed by atoms with Crippen molar-refractivity contribution >= 4 is 11.7 Å². The van der Waals surface area contributed by atoms with Gasteiger partial charge >= 0.3 is 0 Å². The molecule has 1 unspecified atom stereocenters. The van der Waals surface area contributed by atoms with E-state index in [9.17, 15) is 9.59 Å². The van der Waals surface area contributed by atoms with E-state index in [0.29, 0.717) is 19.4 Å². The van der Waals surface area contributed by atoms with Crippen LogP contribution in [0.15, 0.2) is 0 Å². The first-order valence-corrected chi connectivity index (χ1v) is 4.11. The van der Waals surface area contributed by atoms with Gasteiger partial charge in [0.05, 0.1) is 6.04 Å². The fraction of sp³-hybridized carbons (Fsp3) is 0.750. The van der Waals surface area contributed by atoms with Gasteiger partial charge in [0.1, 0.15) is 0 Å². The van der Waals surface area contributed by atoms with Gasteiger partial charge in [0.15, 0.2) is 5.78 Å². The molecule has 1 atom stereocenters. The molecular weight excluding hydrogens is 142 g/mol. The van der Waals surface area contributed by atoms with Crippen LogP contribution >= 0.6 is 0 Å². The molecule has 60 valence electrons. The third kappa shape index (κ3) is 0.951. The topological polar surface area (TPSA) is 37.4 Å². The number of rotatable bonds is 0. The number of fused-ring (bicyclic) bond motifs is 1. The number of ketones is 1. The second-order valence-corrected chi connectivity index (χ2v) is 3.21. The highest BCUT2D eigenvalue weighted by Crippen LogP contribution is 2.24. The molecule has 0 radical (unpaired) electrons. The van der Waals surface area contributed by atoms with Crippen molar-refractivity contribution in [1.29, 1.82) is 0 Å². The summed E-state index contributed by atoms with van der Waals surface area (Å²) in [6, 6.07) is -0.0451. The van der Waals surface area contributed by atoms with Crippen molar-refractivity contribution in [3.8, 4) is 0 Å². The summed E-state index contributed by atoms with van der Waals surface area (Å²) in [7, 11) is 0. The number of hydrogen-bond acceptors (Lipinski definition) is 2. The van der Waals surface area contributed by atoms with Crippen LogP contribution in [0.25, 0.3) is 0 Å². The fourth-order valence-electron chi connectivity index (χ4n) is 1.93. The minimum Gasteiger partial charge on any atom is -0.332 e. The zero-order valence-electron chi connectivity index (χ0n) is 6.38. The van der Waals surface area contributed by atoms with Gasteiger partial charge in [0.2, 0.25) is 5.91 Å². The average Bonchev–Trinajstić information content (AvgIpc) is 2.35. The van der Waals surface area contributed by atoms with Crippen LogP contribution in [0.2, 0.25) is 0 Å². The molecule has 0 N–H and O–H groups in total. The van der Waals surface area contributed by atoms with Gasteiger partial charge in [-0.2, -0.15) is 0 Å². The van der Waals surface area contributed by atoms with Gasteiger partial charge in [-0.1, -0.05) is 0 Å². The number of piperidine rings is 1. The number of carbonyl (C=O) groups is 2. The van der Waals surface area contributed by atoms with E-state index in [2.05, 4.69) is 0 Å². The van der Waals surface area contributed by atoms with Crippen molar-refractivity contribution < 1.29 is 9.59 Å². The van der Waals surface area contributed by atoms with E-state index < -0.39 is 0 Å². The predicted octanol–water partition coefficient (Wildman–Crippen LogP) is 0.340. The lowest BCUT2D eigenvalue weighted by Gasteiger charge is -2.27. The maximum absolute atomic E-state index is 11.2. The summed E-state index contributed by atoms with van der Waals surface area (Å²) in [5.41, 5.74) is 0. The van der Waals surface area contributed by atoms with E-state index in [4.69, 9.17) is 0 Å². The Kier molecular flexibility index (Phi) is 1.44. The van der Waals surface area contributed by atoms with Crippen LogP contribution in [0.3, 0.4) is 0 Å². The Bertz CT molecular complexity index is 212. The molecule has 2 rings (SSSR count). The number of nitrogens with zero attached hydrogens (tertiary/aromatic N) is 1. The number of hydrogen-bond donors (Lipinski definition) is 0. The second-order valence-electron chi connectivity index (χ2n) is 3.21. The third-order valence-electron chi connectivity index (χ3n) is 2.54. The second kappa shape index (κ2) is 2.32. The minimum absolute atomic E-state index is 0.0451. The van der Waals surface area contributed by atoms with Crippen LogP contribution in [0.5, 0.6) is 0 Å². The Morgan fingerprint density at radius 2 is 2.09 bits per heavy atom. The smallest absolute Gasteiger partial charge is 0.223 e. The van der Waals surface area contributed by atoms with E-state index >= 15 is 0 Å². The van der Waals surface area contributed by atoms with E-state index in [1.54, 1.807) is 4.90 Å². The molecule has 2 aliphatic heterocycles. The van der Waals surface area contributed by atoms with Crippen molar-refractivity contribution in [3.05, 3.63) is 0 Å². The summed E-state index contributed by atoms with van der Waals surface area (Å²) in [6.07, 6.45) is 3.01. The van der Waals surface area contributed by atoms with Crippen LogP contribution < -0.4 is 0 Å². The summed E-state index contributed by atoms with van der Waals surface area (Å²) in [5.74, 6) is 0.435. The molecule has 0 aromatic heterocycles. The molecule has 2 heterocycles. The van der Waals surface area contributed by atoms with Crippen LogP contribution in [0.1, 0.15) is 25.7 Å². The maximum atomic E-state index is 11.2. The lowest BCUT2D eigenvalue weighted by Crippen LogP contribution is -2.41. The monoisotopic (exact) mass is 153 g/mol. The van der Waals surface area contributed by atoms with E-state index in [1.165, 1.54) is 0 Å². The van der Waals surface area contributed by atoms with Crippen LogP contribution in [-0.2, 0) is 9.59 Å². The van der Waals surface area contributed by atoms with Crippen LogP contribution in [-0.4, -0.2) is 29.2 Å². The Balaban J connectivity index is 2.19. The largest absolute Gasteiger partial charge is 0.332 e. The molecule has 2 aliphatic rings. The van der Waals surface area contributed by atoms with E-state index in [-0.39, 0.29) is 17.7 Å². The van der Waals surface area contributed by atoms with Crippen molar-refractivity contribution in [3.63, 3.8) is 0 Å². The summed E-state index contributed by atoms with van der Waals surface area (Å²) in [4.78, 5) is 24.1. The number of Topliss-reactive ketones (excluding diaryl/α,β-unsaturated/α-hetero) is 1. The molecule has 2 saturated heterocycles. The molecule has 2 fully saturated rings. The van der Waals surface area contributed by atoms with E-state index in [1.807, 2.05) is 0 Å². The van der Waals surface area contributed by atoms with Gasteiger partial charge in [-0.3, -0.25) is 9.59 Å². The Morgan fingerprint density at radius 1 is 1.27 bits per heavy atom. The molecule has 3 heteroatoms. The van der Waals surface area contributed by atoms with Crippen molar-refractivity contribution in [2.45, 2.75) is 31.7 Å². The zero-order chi connectivity index (χ0) is 7.84. The first-order valence-electron chi connectivity index (χ1n) is 4.11. The first kappa shape index (κ1) is 6.83. The summed E-state index contributed by atoms with van der Waals surface area (Å²) >= 11 is 0. The lowest BCUT2D eigenvalue weighted by molar-refractivity contribution is -0.137. The number of carbonyl (C=O) groups excluding carboxylic acids is 2. The average molecular weight is 153 g/mol. The quantitative estimate of drug-likeness (QED) is 0.503. The zero-order valence-corrected chi connectivity index (χ0v) is 6.38. The third-order valence-corrected chi connectivity index (χ3v) is 2.54. The molecular formula is C8H11NO2. The van der Waals surface area contributed by atoms with Crippen LogP contribution in [0.4, 0.5) is 0 Å². The molecule has 0 aliphatic carbocycles. The molecule has 3 nitrogen and oxygen atoms in total. The molecule has 0 saturated carbocycles. The van der Waals surface area contributed by atoms with Gasteiger partial charge in [-0.15, -0.1) is 0 Å². The van der Waals surface area contributed by atoms with Gasteiger partial charge in [-0.25, -0.2) is 0 Å².